The van der Waals surface area contributed by atoms with Crippen molar-refractivity contribution in [1.29, 1.82) is 0 Å². The van der Waals surface area contributed by atoms with Crippen LogP contribution >= 0.6 is 8.53 Å². The fourth-order valence-electron chi connectivity index (χ4n) is 1.98. The molecule has 1 unspecified atom stereocenters. The van der Waals surface area contributed by atoms with E-state index in [1.54, 1.807) is 6.92 Å². The van der Waals surface area contributed by atoms with Gasteiger partial charge in [0.1, 0.15) is 0 Å². The molecule has 0 aliphatic carbocycles. The molecule has 0 aromatic carbocycles. The van der Waals surface area contributed by atoms with Gasteiger partial charge in [-0.15, -0.1) is 0 Å². The summed E-state index contributed by atoms with van der Waals surface area (Å²) >= 11 is 0. The Labute approximate surface area is 148 Å². The van der Waals surface area contributed by atoms with Gasteiger partial charge in [-0.1, -0.05) is 13.5 Å². The van der Waals surface area contributed by atoms with Crippen molar-refractivity contribution in [2.24, 2.45) is 0 Å². The Balaban J connectivity index is 4.10. The lowest BCUT2D eigenvalue weighted by molar-refractivity contribution is -0.117. The van der Waals surface area contributed by atoms with E-state index in [2.05, 4.69) is 51.2 Å². The zero-order valence-corrected chi connectivity index (χ0v) is 17.0. The van der Waals surface area contributed by atoms with Gasteiger partial charge in [-0.05, 0) is 41.0 Å². The number of ether oxygens (including phenoxy) is 1. The molecule has 0 aromatic heterocycles. The maximum atomic E-state index is 11.3. The Morgan fingerprint density at radius 2 is 1.67 bits per heavy atom. The van der Waals surface area contributed by atoms with Gasteiger partial charge in [0.25, 0.3) is 8.53 Å². The first-order chi connectivity index (χ1) is 11.3. The summed E-state index contributed by atoms with van der Waals surface area (Å²) in [7, 11) is -1.08. The molecule has 0 aromatic rings. The van der Waals surface area contributed by atoms with Crippen LogP contribution in [0.1, 0.15) is 48.0 Å². The molecule has 0 fully saturated rings. The minimum Gasteiger partial charge on any atom is -0.377 e. The highest BCUT2D eigenvalue weighted by Crippen LogP contribution is 2.45. The Bertz CT molecular complexity index is 356. The number of carbonyl (C=O) groups is 1. The van der Waals surface area contributed by atoms with E-state index in [1.807, 2.05) is 0 Å². The molecule has 0 saturated carbocycles. The normalized spacial score (nSPS) is 12.9. The monoisotopic (exact) mass is 362 g/mol. The molecule has 0 aliphatic rings. The Hall–Kier alpha value is -0.520. The summed E-state index contributed by atoms with van der Waals surface area (Å²) in [5.41, 5.74) is 0.500. The van der Waals surface area contributed by atoms with Crippen molar-refractivity contribution in [2.45, 2.75) is 60.0 Å². The highest BCUT2D eigenvalue weighted by Gasteiger charge is 2.26. The Kier molecular flexibility index (Phi) is 13.4. The van der Waals surface area contributed by atoms with E-state index in [-0.39, 0.29) is 5.91 Å². The summed E-state index contributed by atoms with van der Waals surface area (Å²) in [6.07, 6.45) is 0.963. The van der Waals surface area contributed by atoms with E-state index in [0.29, 0.717) is 50.6 Å². The quantitative estimate of drug-likeness (QED) is 0.291. The third-order valence-electron chi connectivity index (χ3n) is 3.00. The molecule has 0 aliphatic heterocycles. The van der Waals surface area contributed by atoms with E-state index in [1.165, 1.54) is 0 Å². The third kappa shape index (κ3) is 10.4. The fraction of sp³-hybridized carbons (Fsp3) is 0.824. The van der Waals surface area contributed by atoms with E-state index in [0.717, 1.165) is 6.42 Å². The van der Waals surface area contributed by atoms with Crippen LogP contribution in [0.5, 0.6) is 0 Å². The smallest absolute Gasteiger partial charge is 0.259 e. The topological polar surface area (TPSA) is 60.0 Å². The van der Waals surface area contributed by atoms with Crippen LogP contribution in [0, 0.1) is 0 Å². The van der Waals surface area contributed by atoms with Gasteiger partial charge in [-0.25, -0.2) is 4.67 Å². The molecule has 0 rings (SSSR count). The highest BCUT2D eigenvalue weighted by atomic mass is 31.2. The number of nitrogens with one attached hydrogen (secondary N) is 1. The number of hydrogen-bond acceptors (Lipinski definition) is 5. The van der Waals surface area contributed by atoms with Crippen LogP contribution in [-0.4, -0.2) is 55.6 Å². The molecular formula is C17H35N2O4P. The molecule has 0 spiro atoms. The molecule has 6 nitrogen and oxygen atoms in total. The van der Waals surface area contributed by atoms with Gasteiger partial charge in [-0.2, -0.15) is 0 Å². The Morgan fingerprint density at radius 3 is 2.17 bits per heavy atom. The van der Waals surface area contributed by atoms with Crippen LogP contribution in [0.2, 0.25) is 0 Å². The molecule has 1 N–H and O–H groups in total. The minimum absolute atomic E-state index is 0.143. The molecule has 1 atom stereocenters. The highest BCUT2D eigenvalue weighted by molar-refractivity contribution is 7.44. The van der Waals surface area contributed by atoms with Crippen LogP contribution in [0.25, 0.3) is 0 Å². The number of nitrogens with zero attached hydrogens (tertiary/aromatic N) is 1. The zero-order valence-electron chi connectivity index (χ0n) is 16.1. The van der Waals surface area contributed by atoms with Crippen LogP contribution in [0.4, 0.5) is 0 Å². The zero-order chi connectivity index (χ0) is 18.5. The molecule has 142 valence electrons. The first-order valence-corrected chi connectivity index (χ1v) is 9.79. The molecular weight excluding hydrogens is 327 g/mol. The van der Waals surface area contributed by atoms with Crippen molar-refractivity contribution in [3.8, 4) is 0 Å². The summed E-state index contributed by atoms with van der Waals surface area (Å²) in [6.45, 7) is 18.5. The third-order valence-corrected chi connectivity index (χ3v) is 5.11. The van der Waals surface area contributed by atoms with Gasteiger partial charge >= 0.3 is 0 Å². The van der Waals surface area contributed by atoms with Crippen molar-refractivity contribution < 1.29 is 18.6 Å². The maximum Gasteiger partial charge on any atom is 0.259 e. The largest absolute Gasteiger partial charge is 0.377 e. The Morgan fingerprint density at radius 1 is 1.08 bits per heavy atom. The maximum absolute atomic E-state index is 11.3. The summed E-state index contributed by atoms with van der Waals surface area (Å²) in [4.78, 5) is 11.3. The minimum atomic E-state index is -1.08. The van der Waals surface area contributed by atoms with Crippen molar-refractivity contribution in [1.82, 2.24) is 9.99 Å². The molecule has 0 heterocycles. The van der Waals surface area contributed by atoms with Gasteiger partial charge in [0, 0.05) is 24.2 Å². The molecule has 0 saturated heterocycles. The SMILES string of the molecule is C=C(C)C(=O)NCCOCCOP(OCCC)N(C(C)C)C(C)C. The predicted octanol–water partition coefficient (Wildman–Crippen LogP) is 3.48. The lowest BCUT2D eigenvalue weighted by Gasteiger charge is -2.35. The van der Waals surface area contributed by atoms with Gasteiger partial charge in [0.15, 0.2) is 0 Å². The first kappa shape index (κ1) is 23.5. The molecule has 1 amide bonds. The first-order valence-electron chi connectivity index (χ1n) is 8.66. The van der Waals surface area contributed by atoms with Crippen molar-refractivity contribution in [3.05, 3.63) is 12.2 Å². The second-order valence-corrected chi connectivity index (χ2v) is 7.57. The van der Waals surface area contributed by atoms with Crippen LogP contribution in [-0.2, 0) is 18.6 Å². The standard InChI is InChI=1S/C17H35N2O4P/c1-8-10-22-24(19(15(4)5)16(6)7)23-13-12-21-11-9-18-17(20)14(2)3/h15-16H,2,8-13H2,1,3-7H3,(H,18,20). The van der Waals surface area contributed by atoms with Crippen LogP contribution in [0.3, 0.4) is 0 Å². The average molecular weight is 362 g/mol. The number of hydrogen-bond donors (Lipinski definition) is 1. The number of rotatable bonds is 14. The number of amides is 1. The predicted molar refractivity (Wildman–Crippen MR) is 99.9 cm³/mol. The van der Waals surface area contributed by atoms with Crippen LogP contribution < -0.4 is 5.32 Å². The van der Waals surface area contributed by atoms with E-state index < -0.39 is 8.53 Å². The lowest BCUT2D eigenvalue weighted by Crippen LogP contribution is -2.34. The summed E-state index contributed by atoms with van der Waals surface area (Å²) in [6, 6.07) is 0.706. The van der Waals surface area contributed by atoms with Gasteiger partial charge in [0.05, 0.1) is 26.4 Å². The summed E-state index contributed by atoms with van der Waals surface area (Å²) in [5.74, 6) is -0.143. The number of carbonyl (C=O) groups excluding carboxylic acids is 1. The second-order valence-electron chi connectivity index (χ2n) is 6.12. The molecule has 24 heavy (non-hydrogen) atoms. The fourth-order valence-corrected chi connectivity index (χ4v) is 3.64. The molecule has 7 heteroatoms. The average Bonchev–Trinajstić information content (AvgIpc) is 2.49. The summed E-state index contributed by atoms with van der Waals surface area (Å²) < 4.78 is 19.6. The lowest BCUT2D eigenvalue weighted by atomic mass is 10.3. The van der Waals surface area contributed by atoms with Gasteiger partial charge in [0.2, 0.25) is 5.91 Å². The second kappa shape index (κ2) is 13.7. The van der Waals surface area contributed by atoms with Crippen LogP contribution in [0.15, 0.2) is 12.2 Å². The molecule has 0 bridgehead atoms. The van der Waals surface area contributed by atoms with Crippen molar-refractivity contribution in [2.75, 3.05) is 33.0 Å². The van der Waals surface area contributed by atoms with Crippen molar-refractivity contribution >= 4 is 14.4 Å². The summed E-state index contributed by atoms with van der Waals surface area (Å²) in [5, 5.41) is 2.72. The van der Waals surface area contributed by atoms with Gasteiger partial charge < -0.3 is 19.1 Å². The van der Waals surface area contributed by atoms with E-state index >= 15 is 0 Å². The van der Waals surface area contributed by atoms with Crippen molar-refractivity contribution in [3.63, 3.8) is 0 Å². The molecule has 0 radical (unpaired) electrons. The van der Waals surface area contributed by atoms with E-state index in [9.17, 15) is 4.79 Å². The van der Waals surface area contributed by atoms with E-state index in [4.69, 9.17) is 13.8 Å². The van der Waals surface area contributed by atoms with Gasteiger partial charge in [-0.3, -0.25) is 4.79 Å².